The third-order valence-corrected chi connectivity index (χ3v) is 2.58. The van der Waals surface area contributed by atoms with Crippen LogP contribution in [0.1, 0.15) is 25.4 Å². The lowest BCUT2D eigenvalue weighted by atomic mass is 10.1. The second-order valence-electron chi connectivity index (χ2n) is 3.49. The number of hydrogen-bond acceptors (Lipinski definition) is 2. The first-order valence-electron chi connectivity index (χ1n) is 4.84. The Morgan fingerprint density at radius 2 is 2.36 bits per heavy atom. The Morgan fingerprint density at radius 1 is 1.50 bits per heavy atom. The van der Waals surface area contributed by atoms with Gasteiger partial charge in [0.05, 0.1) is 0 Å². The van der Waals surface area contributed by atoms with Crippen molar-refractivity contribution in [3.8, 4) is 0 Å². The van der Waals surface area contributed by atoms with Crippen molar-refractivity contribution >= 4 is 6.03 Å². The van der Waals surface area contributed by atoms with Crippen molar-refractivity contribution < 1.29 is 4.79 Å². The van der Waals surface area contributed by atoms with E-state index in [1.165, 1.54) is 0 Å². The van der Waals surface area contributed by atoms with Crippen LogP contribution in [0.15, 0.2) is 18.5 Å². The summed E-state index contributed by atoms with van der Waals surface area (Å²) in [6, 6.07) is 1.50. The molecule has 0 bridgehead atoms. The van der Waals surface area contributed by atoms with Gasteiger partial charge >= 0.3 is 6.03 Å². The molecule has 0 spiro atoms. The highest BCUT2D eigenvalue weighted by molar-refractivity contribution is 5.72. The van der Waals surface area contributed by atoms with Crippen LogP contribution in [-0.4, -0.2) is 27.3 Å². The molecule has 5 nitrogen and oxygen atoms in total. The van der Waals surface area contributed by atoms with Crippen LogP contribution in [0.25, 0.3) is 0 Å². The van der Waals surface area contributed by atoms with Crippen molar-refractivity contribution in [2.75, 3.05) is 6.54 Å². The molecular weight excluding hydrogens is 180 g/mol. The van der Waals surface area contributed by atoms with E-state index in [0.717, 1.165) is 25.8 Å². The molecule has 1 saturated heterocycles. The van der Waals surface area contributed by atoms with Gasteiger partial charge in [0.25, 0.3) is 0 Å². The van der Waals surface area contributed by atoms with E-state index in [0.29, 0.717) is 0 Å². The highest BCUT2D eigenvalue weighted by Crippen LogP contribution is 2.24. The molecule has 14 heavy (non-hydrogen) atoms. The van der Waals surface area contributed by atoms with E-state index in [9.17, 15) is 4.79 Å². The van der Waals surface area contributed by atoms with Crippen molar-refractivity contribution in [2.45, 2.75) is 25.4 Å². The zero-order valence-electron chi connectivity index (χ0n) is 7.97. The predicted molar refractivity (Wildman–Crippen MR) is 51.4 cm³/mol. The number of nitrogens with two attached hydrogens (primary N) is 1. The Kier molecular flexibility index (Phi) is 2.39. The van der Waals surface area contributed by atoms with Gasteiger partial charge in [-0.1, -0.05) is 0 Å². The number of likely N-dealkylation sites (tertiary alicyclic amines) is 1. The number of amides is 2. The molecular formula is C9H14N4O. The zero-order chi connectivity index (χ0) is 9.97. The second-order valence-corrected chi connectivity index (χ2v) is 3.49. The summed E-state index contributed by atoms with van der Waals surface area (Å²) in [5, 5.41) is 4.14. The standard InChI is InChI=1S/C9H14N4O/c10-9(14)12-6-2-1-4-8(12)13-7-3-5-11-13/h3,5,7-8H,1-2,4,6H2,(H2,10,14). The largest absolute Gasteiger partial charge is 0.351 e. The van der Waals surface area contributed by atoms with Crippen LogP contribution in [0.3, 0.4) is 0 Å². The van der Waals surface area contributed by atoms with Gasteiger partial charge in [-0.15, -0.1) is 0 Å². The van der Waals surface area contributed by atoms with Crippen LogP contribution in [0.4, 0.5) is 4.79 Å². The maximum absolute atomic E-state index is 11.2. The van der Waals surface area contributed by atoms with E-state index >= 15 is 0 Å². The first-order valence-corrected chi connectivity index (χ1v) is 4.84. The summed E-state index contributed by atoms with van der Waals surface area (Å²) < 4.78 is 1.80. The van der Waals surface area contributed by atoms with Gasteiger partial charge in [-0.05, 0) is 25.3 Å². The molecule has 1 aliphatic heterocycles. The molecule has 5 heteroatoms. The minimum atomic E-state index is -0.356. The summed E-state index contributed by atoms with van der Waals surface area (Å²) in [6.07, 6.45) is 6.68. The first-order chi connectivity index (χ1) is 6.79. The minimum absolute atomic E-state index is 0.0104. The average Bonchev–Trinajstić information content (AvgIpc) is 2.70. The van der Waals surface area contributed by atoms with Crippen LogP contribution >= 0.6 is 0 Å². The van der Waals surface area contributed by atoms with Crippen LogP contribution in [0, 0.1) is 0 Å². The first kappa shape index (κ1) is 9.05. The smallest absolute Gasteiger partial charge is 0.316 e. The normalized spacial score (nSPS) is 22.3. The number of primary amides is 1. The fraction of sp³-hybridized carbons (Fsp3) is 0.556. The summed E-state index contributed by atoms with van der Waals surface area (Å²) >= 11 is 0. The minimum Gasteiger partial charge on any atom is -0.351 e. The molecule has 76 valence electrons. The van der Waals surface area contributed by atoms with E-state index in [1.54, 1.807) is 15.8 Å². The maximum Gasteiger partial charge on any atom is 0.316 e. The molecule has 0 aliphatic carbocycles. The number of carbonyl (C=O) groups is 1. The SMILES string of the molecule is NC(=O)N1CCCCC1n1cccn1. The molecule has 2 N–H and O–H groups in total. The molecule has 0 saturated carbocycles. The van der Waals surface area contributed by atoms with Crippen molar-refractivity contribution in [1.29, 1.82) is 0 Å². The number of piperidine rings is 1. The Hall–Kier alpha value is -1.52. The van der Waals surface area contributed by atoms with Gasteiger partial charge in [0.15, 0.2) is 0 Å². The number of hydrogen-bond donors (Lipinski definition) is 1. The molecule has 2 rings (SSSR count). The third kappa shape index (κ3) is 1.57. The predicted octanol–water partition coefficient (Wildman–Crippen LogP) is 0.946. The van der Waals surface area contributed by atoms with Crippen molar-refractivity contribution in [2.24, 2.45) is 5.73 Å². The molecule has 0 radical (unpaired) electrons. The Balaban J connectivity index is 2.18. The van der Waals surface area contributed by atoms with E-state index in [4.69, 9.17) is 5.73 Å². The van der Waals surface area contributed by atoms with Crippen molar-refractivity contribution in [1.82, 2.24) is 14.7 Å². The fourth-order valence-electron chi connectivity index (χ4n) is 1.90. The molecule has 1 unspecified atom stereocenters. The lowest BCUT2D eigenvalue weighted by Crippen LogP contribution is -2.44. The Labute approximate surface area is 82.5 Å². The van der Waals surface area contributed by atoms with Gasteiger partial charge in [-0.3, -0.25) is 0 Å². The molecule has 1 aromatic heterocycles. The number of aromatic nitrogens is 2. The van der Waals surface area contributed by atoms with E-state index < -0.39 is 0 Å². The average molecular weight is 194 g/mol. The third-order valence-electron chi connectivity index (χ3n) is 2.58. The fourth-order valence-corrected chi connectivity index (χ4v) is 1.90. The van der Waals surface area contributed by atoms with Gasteiger partial charge in [-0.2, -0.15) is 5.10 Å². The summed E-state index contributed by atoms with van der Waals surface area (Å²) in [5.41, 5.74) is 5.31. The van der Waals surface area contributed by atoms with Crippen LogP contribution in [-0.2, 0) is 0 Å². The molecule has 1 atom stereocenters. The van der Waals surface area contributed by atoms with Crippen LogP contribution in [0.5, 0.6) is 0 Å². The molecule has 1 aromatic rings. The molecule has 0 aromatic carbocycles. The summed E-state index contributed by atoms with van der Waals surface area (Å²) in [6.45, 7) is 0.736. The Bertz CT molecular complexity index is 309. The van der Waals surface area contributed by atoms with Crippen molar-refractivity contribution in [3.63, 3.8) is 0 Å². The molecule has 1 aliphatic rings. The number of urea groups is 1. The quantitative estimate of drug-likeness (QED) is 0.723. The lowest BCUT2D eigenvalue weighted by Gasteiger charge is -2.34. The topological polar surface area (TPSA) is 64.2 Å². The van der Waals surface area contributed by atoms with Gasteiger partial charge in [0, 0.05) is 18.9 Å². The number of rotatable bonds is 1. The second kappa shape index (κ2) is 3.69. The molecule has 1 fully saturated rings. The van der Waals surface area contributed by atoms with Gasteiger partial charge in [-0.25, -0.2) is 9.48 Å². The van der Waals surface area contributed by atoms with E-state index in [2.05, 4.69) is 5.10 Å². The summed E-state index contributed by atoms with van der Waals surface area (Å²) in [5.74, 6) is 0. The van der Waals surface area contributed by atoms with Gasteiger partial charge in [0.2, 0.25) is 0 Å². The van der Waals surface area contributed by atoms with E-state index in [-0.39, 0.29) is 12.2 Å². The maximum atomic E-state index is 11.2. The highest BCUT2D eigenvalue weighted by Gasteiger charge is 2.26. The monoisotopic (exact) mass is 194 g/mol. The van der Waals surface area contributed by atoms with Gasteiger partial charge < -0.3 is 10.6 Å². The Morgan fingerprint density at radius 3 is 3.00 bits per heavy atom. The van der Waals surface area contributed by atoms with Crippen LogP contribution in [0.2, 0.25) is 0 Å². The molecule has 2 heterocycles. The molecule has 2 amide bonds. The van der Waals surface area contributed by atoms with Crippen molar-refractivity contribution in [3.05, 3.63) is 18.5 Å². The number of carbonyl (C=O) groups excluding carboxylic acids is 1. The van der Waals surface area contributed by atoms with Gasteiger partial charge in [0.1, 0.15) is 6.17 Å². The van der Waals surface area contributed by atoms with E-state index in [1.807, 2.05) is 12.3 Å². The van der Waals surface area contributed by atoms with Crippen LogP contribution < -0.4 is 5.73 Å². The number of nitrogens with zero attached hydrogens (tertiary/aromatic N) is 3. The summed E-state index contributed by atoms with van der Waals surface area (Å²) in [4.78, 5) is 12.8. The zero-order valence-corrected chi connectivity index (χ0v) is 7.97. The lowest BCUT2D eigenvalue weighted by molar-refractivity contribution is 0.114. The summed E-state index contributed by atoms with van der Waals surface area (Å²) in [7, 11) is 0. The highest BCUT2D eigenvalue weighted by atomic mass is 16.2.